The van der Waals surface area contributed by atoms with Crippen LogP contribution in [0.5, 0.6) is 0 Å². The van der Waals surface area contributed by atoms with Gasteiger partial charge in [-0.25, -0.2) is 4.98 Å². The van der Waals surface area contributed by atoms with Crippen molar-refractivity contribution in [2.45, 2.75) is 20.3 Å². The number of rotatable bonds is 3. The lowest BCUT2D eigenvalue weighted by Crippen LogP contribution is -2.14. The van der Waals surface area contributed by atoms with Gasteiger partial charge in [-0.15, -0.1) is 0 Å². The van der Waals surface area contributed by atoms with Crippen molar-refractivity contribution in [3.63, 3.8) is 0 Å². The maximum atomic E-state index is 6.00. The molecule has 0 aliphatic rings. The van der Waals surface area contributed by atoms with Crippen molar-refractivity contribution in [1.29, 1.82) is 0 Å². The molecule has 0 saturated heterocycles. The molecule has 3 nitrogen and oxygen atoms in total. The van der Waals surface area contributed by atoms with Crippen molar-refractivity contribution < 1.29 is 0 Å². The molecule has 2 aromatic rings. The molecule has 4 heteroatoms. The molecule has 2 N–H and O–H groups in total. The minimum absolute atomic E-state index is 0.456. The molecule has 0 spiro atoms. The zero-order valence-corrected chi connectivity index (χ0v) is 10.3. The summed E-state index contributed by atoms with van der Waals surface area (Å²) in [7, 11) is 0. The molecule has 0 aliphatic heterocycles. The number of pyridine rings is 1. The summed E-state index contributed by atoms with van der Waals surface area (Å²) in [6.07, 6.45) is 2.85. The SMILES string of the molecule is Cc1nc2ccc(Cl)cn2c1CC(C)CN. The maximum Gasteiger partial charge on any atom is 0.137 e. The van der Waals surface area contributed by atoms with Gasteiger partial charge in [0.15, 0.2) is 0 Å². The lowest BCUT2D eigenvalue weighted by molar-refractivity contribution is 0.580. The van der Waals surface area contributed by atoms with E-state index >= 15 is 0 Å². The molecule has 0 bridgehead atoms. The summed E-state index contributed by atoms with van der Waals surface area (Å²) in [6, 6.07) is 3.80. The van der Waals surface area contributed by atoms with Crippen LogP contribution in [0.1, 0.15) is 18.3 Å². The van der Waals surface area contributed by atoms with E-state index in [1.54, 1.807) is 0 Å². The van der Waals surface area contributed by atoms with Crippen LogP contribution >= 0.6 is 11.6 Å². The summed E-state index contributed by atoms with van der Waals surface area (Å²) >= 11 is 6.00. The first-order valence-corrected chi connectivity index (χ1v) is 5.82. The largest absolute Gasteiger partial charge is 0.330 e. The molecular weight excluding hydrogens is 222 g/mol. The van der Waals surface area contributed by atoms with Crippen LogP contribution in [0.15, 0.2) is 18.3 Å². The summed E-state index contributed by atoms with van der Waals surface area (Å²) in [4.78, 5) is 4.51. The first kappa shape index (κ1) is 11.4. The number of halogens is 1. The van der Waals surface area contributed by atoms with Gasteiger partial charge in [-0.2, -0.15) is 0 Å². The molecule has 0 saturated carbocycles. The Morgan fingerprint density at radius 3 is 2.94 bits per heavy atom. The lowest BCUT2D eigenvalue weighted by atomic mass is 10.1. The first-order valence-electron chi connectivity index (χ1n) is 5.45. The van der Waals surface area contributed by atoms with Crippen molar-refractivity contribution in [2.24, 2.45) is 11.7 Å². The van der Waals surface area contributed by atoms with Crippen LogP contribution in [0.2, 0.25) is 5.02 Å². The van der Waals surface area contributed by atoms with Gasteiger partial charge in [0.2, 0.25) is 0 Å². The molecule has 2 heterocycles. The number of hydrogen-bond acceptors (Lipinski definition) is 2. The van der Waals surface area contributed by atoms with Gasteiger partial charge in [-0.1, -0.05) is 18.5 Å². The summed E-state index contributed by atoms with van der Waals surface area (Å²) in [5.74, 6) is 0.456. The van der Waals surface area contributed by atoms with Crippen LogP contribution in [-0.4, -0.2) is 15.9 Å². The topological polar surface area (TPSA) is 43.3 Å². The predicted molar refractivity (Wildman–Crippen MR) is 66.9 cm³/mol. The van der Waals surface area contributed by atoms with Gasteiger partial charge in [0.05, 0.1) is 10.7 Å². The van der Waals surface area contributed by atoms with E-state index in [4.69, 9.17) is 17.3 Å². The van der Waals surface area contributed by atoms with Crippen LogP contribution in [0, 0.1) is 12.8 Å². The fourth-order valence-corrected chi connectivity index (χ4v) is 2.00. The van der Waals surface area contributed by atoms with Crippen LogP contribution in [-0.2, 0) is 6.42 Å². The molecule has 16 heavy (non-hydrogen) atoms. The Morgan fingerprint density at radius 2 is 2.25 bits per heavy atom. The van der Waals surface area contributed by atoms with Gasteiger partial charge >= 0.3 is 0 Å². The number of nitrogens with zero attached hydrogens (tertiary/aromatic N) is 2. The normalized spacial score (nSPS) is 13.2. The number of fused-ring (bicyclic) bond motifs is 1. The van der Waals surface area contributed by atoms with E-state index in [-0.39, 0.29) is 0 Å². The Hall–Kier alpha value is -1.06. The molecule has 86 valence electrons. The van der Waals surface area contributed by atoms with Crippen molar-refractivity contribution in [2.75, 3.05) is 6.54 Å². The van der Waals surface area contributed by atoms with Gasteiger partial charge in [-0.3, -0.25) is 0 Å². The smallest absolute Gasteiger partial charge is 0.137 e. The molecule has 1 atom stereocenters. The summed E-state index contributed by atoms with van der Waals surface area (Å²) in [5, 5.41) is 0.728. The molecule has 1 unspecified atom stereocenters. The maximum absolute atomic E-state index is 6.00. The van der Waals surface area contributed by atoms with E-state index < -0.39 is 0 Å². The molecule has 0 aliphatic carbocycles. The molecule has 0 amide bonds. The Morgan fingerprint density at radius 1 is 1.50 bits per heavy atom. The predicted octanol–water partition coefficient (Wildman–Crippen LogP) is 2.43. The zero-order valence-electron chi connectivity index (χ0n) is 9.57. The van der Waals surface area contributed by atoms with Gasteiger partial charge < -0.3 is 10.1 Å². The zero-order chi connectivity index (χ0) is 11.7. The molecule has 2 aromatic heterocycles. The second kappa shape index (κ2) is 4.44. The van der Waals surface area contributed by atoms with E-state index in [1.807, 2.05) is 25.3 Å². The van der Waals surface area contributed by atoms with Gasteiger partial charge in [-0.05, 0) is 37.9 Å². The van der Waals surface area contributed by atoms with Gasteiger partial charge in [0, 0.05) is 11.9 Å². The third-order valence-electron chi connectivity index (χ3n) is 2.83. The number of nitrogens with two attached hydrogens (primary N) is 1. The summed E-state index contributed by atoms with van der Waals surface area (Å²) in [6.45, 7) is 4.86. The minimum Gasteiger partial charge on any atom is -0.330 e. The third kappa shape index (κ3) is 2.06. The molecule has 0 fully saturated rings. The highest BCUT2D eigenvalue weighted by Crippen LogP contribution is 2.18. The van der Waals surface area contributed by atoms with E-state index in [0.717, 1.165) is 22.8 Å². The fourth-order valence-electron chi connectivity index (χ4n) is 1.84. The number of aryl methyl sites for hydroxylation is 1. The van der Waals surface area contributed by atoms with E-state index in [2.05, 4.69) is 16.3 Å². The lowest BCUT2D eigenvalue weighted by Gasteiger charge is -2.09. The second-order valence-corrected chi connectivity index (χ2v) is 4.70. The van der Waals surface area contributed by atoms with Crippen molar-refractivity contribution in [1.82, 2.24) is 9.38 Å². The van der Waals surface area contributed by atoms with Crippen LogP contribution in [0.3, 0.4) is 0 Å². The Kier molecular flexibility index (Phi) is 3.17. The molecule has 0 aromatic carbocycles. The Labute approximate surface area is 100 Å². The monoisotopic (exact) mass is 237 g/mol. The standard InChI is InChI=1S/C12H16ClN3/c1-8(6-14)5-11-9(2)15-12-4-3-10(13)7-16(11)12/h3-4,7-8H,5-6,14H2,1-2H3. The fraction of sp³-hybridized carbons (Fsp3) is 0.417. The summed E-state index contributed by atoms with van der Waals surface area (Å²) < 4.78 is 2.06. The van der Waals surface area contributed by atoms with E-state index in [0.29, 0.717) is 12.5 Å². The highest BCUT2D eigenvalue weighted by Gasteiger charge is 2.11. The number of hydrogen-bond donors (Lipinski definition) is 1. The highest BCUT2D eigenvalue weighted by atomic mass is 35.5. The number of imidazole rings is 1. The number of aromatic nitrogens is 2. The van der Waals surface area contributed by atoms with Crippen molar-refractivity contribution >= 4 is 17.2 Å². The van der Waals surface area contributed by atoms with Gasteiger partial charge in [0.1, 0.15) is 5.65 Å². The average Bonchev–Trinajstić information content (AvgIpc) is 2.55. The third-order valence-corrected chi connectivity index (χ3v) is 3.05. The minimum atomic E-state index is 0.456. The van der Waals surface area contributed by atoms with E-state index in [1.165, 1.54) is 5.69 Å². The van der Waals surface area contributed by atoms with Gasteiger partial charge in [0.25, 0.3) is 0 Å². The highest BCUT2D eigenvalue weighted by molar-refractivity contribution is 6.30. The first-order chi connectivity index (χ1) is 7.61. The quantitative estimate of drug-likeness (QED) is 0.891. The summed E-state index contributed by atoms with van der Waals surface area (Å²) in [5.41, 5.74) is 8.86. The van der Waals surface area contributed by atoms with Crippen LogP contribution in [0.4, 0.5) is 0 Å². The van der Waals surface area contributed by atoms with Crippen molar-refractivity contribution in [3.05, 3.63) is 34.7 Å². The molecule has 2 rings (SSSR count). The second-order valence-electron chi connectivity index (χ2n) is 4.26. The van der Waals surface area contributed by atoms with Crippen LogP contribution < -0.4 is 5.73 Å². The van der Waals surface area contributed by atoms with Crippen LogP contribution in [0.25, 0.3) is 5.65 Å². The van der Waals surface area contributed by atoms with E-state index in [9.17, 15) is 0 Å². The Bertz CT molecular complexity index is 504. The molecular formula is C12H16ClN3. The molecule has 0 radical (unpaired) electrons. The average molecular weight is 238 g/mol. The van der Waals surface area contributed by atoms with Crippen molar-refractivity contribution in [3.8, 4) is 0 Å². The Balaban J connectivity index is 2.50.